The Morgan fingerprint density at radius 2 is 1.58 bits per heavy atom. The van der Waals surface area contributed by atoms with E-state index in [1.54, 1.807) is 15.8 Å². The molecule has 2 heterocycles. The maximum absolute atomic E-state index is 13.3. The lowest BCUT2D eigenvalue weighted by atomic mass is 9.94. The summed E-state index contributed by atoms with van der Waals surface area (Å²) >= 11 is 0. The Morgan fingerprint density at radius 3 is 2.18 bits per heavy atom. The highest BCUT2D eigenvalue weighted by Crippen LogP contribution is 2.37. The third-order valence-corrected chi connectivity index (χ3v) is 6.49. The highest BCUT2D eigenvalue weighted by molar-refractivity contribution is 5.96. The number of rotatable bonds is 4. The van der Waals surface area contributed by atoms with E-state index in [4.69, 9.17) is 0 Å². The molecule has 1 aliphatic heterocycles. The van der Waals surface area contributed by atoms with Gasteiger partial charge in [0, 0.05) is 18.3 Å². The average Bonchev–Trinajstić information content (AvgIpc) is 2.98. The van der Waals surface area contributed by atoms with Crippen molar-refractivity contribution >= 4 is 5.91 Å². The number of aromatic hydroxyl groups is 1. The number of aromatic nitrogens is 1. The van der Waals surface area contributed by atoms with Gasteiger partial charge in [0.05, 0.1) is 12.7 Å². The Morgan fingerprint density at radius 1 is 0.970 bits per heavy atom. The molecule has 0 fully saturated rings. The Bertz CT molecular complexity index is 1220. The summed E-state index contributed by atoms with van der Waals surface area (Å²) in [6.07, 6.45) is 3.45. The van der Waals surface area contributed by atoms with Gasteiger partial charge >= 0.3 is 0 Å². The fourth-order valence-corrected chi connectivity index (χ4v) is 4.82. The van der Waals surface area contributed by atoms with Crippen LogP contribution in [0.1, 0.15) is 52.6 Å². The van der Waals surface area contributed by atoms with Crippen molar-refractivity contribution in [3.05, 3.63) is 99.0 Å². The molecular weight excluding hydrogens is 416 g/mol. The molecule has 0 saturated heterocycles. The molecule has 3 aromatic rings. The van der Waals surface area contributed by atoms with Crippen molar-refractivity contribution in [2.24, 2.45) is 0 Å². The Balaban J connectivity index is 1.72. The summed E-state index contributed by atoms with van der Waals surface area (Å²) in [4.78, 5) is 27.2. The van der Waals surface area contributed by atoms with Crippen LogP contribution in [-0.2, 0) is 12.8 Å². The summed E-state index contributed by atoms with van der Waals surface area (Å²) in [6, 6.07) is 18.1. The fraction of sp³-hybridized carbons (Fsp3) is 0.308. The first kappa shape index (κ1) is 21.3. The molecule has 1 amide bonds. The Kier molecular flexibility index (Phi) is 5.42. The molecular formula is C26H28N4O3. The molecule has 33 heavy (non-hydrogen) atoms. The minimum atomic E-state index is -0.560. The molecule has 170 valence electrons. The van der Waals surface area contributed by atoms with Gasteiger partial charge in [-0.25, -0.2) is 0 Å². The number of benzene rings is 2. The van der Waals surface area contributed by atoms with Crippen molar-refractivity contribution in [1.82, 2.24) is 14.9 Å². The van der Waals surface area contributed by atoms with Crippen LogP contribution in [0, 0.1) is 0 Å². The van der Waals surface area contributed by atoms with Gasteiger partial charge in [0.1, 0.15) is 6.67 Å². The predicted octanol–water partition coefficient (Wildman–Crippen LogP) is 2.75. The van der Waals surface area contributed by atoms with E-state index in [-0.39, 0.29) is 23.7 Å². The van der Waals surface area contributed by atoms with E-state index in [2.05, 4.69) is 46.7 Å². The van der Waals surface area contributed by atoms with Crippen LogP contribution in [-0.4, -0.2) is 40.0 Å². The summed E-state index contributed by atoms with van der Waals surface area (Å²) in [6.45, 7) is 4.65. The van der Waals surface area contributed by atoms with Gasteiger partial charge in [0.25, 0.3) is 5.91 Å². The van der Waals surface area contributed by atoms with Gasteiger partial charge in [-0.1, -0.05) is 48.5 Å². The Hall–Kier alpha value is -3.58. The van der Waals surface area contributed by atoms with Crippen molar-refractivity contribution in [3.63, 3.8) is 0 Å². The van der Waals surface area contributed by atoms with Crippen LogP contribution in [0.5, 0.6) is 5.75 Å². The molecule has 5 rings (SSSR count). The number of pyridine rings is 1. The van der Waals surface area contributed by atoms with Gasteiger partial charge in [0.15, 0.2) is 11.4 Å². The molecule has 1 aromatic heterocycles. The third kappa shape index (κ3) is 3.68. The SMILES string of the molecule is CC(C)NCN1CN(C2c3ccccc3CCc3ccccc32)n2ccc(=O)c(O)c2C1=O. The van der Waals surface area contributed by atoms with Crippen molar-refractivity contribution in [2.75, 3.05) is 18.3 Å². The van der Waals surface area contributed by atoms with E-state index < -0.39 is 11.2 Å². The molecule has 2 aliphatic rings. The van der Waals surface area contributed by atoms with Gasteiger partial charge < -0.3 is 10.0 Å². The molecule has 2 aromatic carbocycles. The highest BCUT2D eigenvalue weighted by atomic mass is 16.3. The van der Waals surface area contributed by atoms with E-state index >= 15 is 0 Å². The number of aryl methyl sites for hydroxylation is 2. The predicted molar refractivity (Wildman–Crippen MR) is 127 cm³/mol. The average molecular weight is 445 g/mol. The van der Waals surface area contributed by atoms with E-state index in [0.29, 0.717) is 13.3 Å². The third-order valence-electron chi connectivity index (χ3n) is 6.49. The maximum atomic E-state index is 13.3. The van der Waals surface area contributed by atoms with Crippen molar-refractivity contribution < 1.29 is 9.90 Å². The summed E-state index contributed by atoms with van der Waals surface area (Å²) in [5, 5.41) is 16.0. The van der Waals surface area contributed by atoms with Crippen molar-refractivity contribution in [2.45, 2.75) is 38.8 Å². The quantitative estimate of drug-likeness (QED) is 0.647. The van der Waals surface area contributed by atoms with Crippen LogP contribution in [0.4, 0.5) is 0 Å². The lowest BCUT2D eigenvalue weighted by Crippen LogP contribution is -2.57. The molecule has 0 atom stereocenters. The molecule has 0 radical (unpaired) electrons. The second-order valence-electron chi connectivity index (χ2n) is 8.96. The minimum Gasteiger partial charge on any atom is -0.502 e. The number of nitrogens with one attached hydrogen (secondary N) is 1. The number of amides is 1. The molecule has 0 spiro atoms. The van der Waals surface area contributed by atoms with Gasteiger partial charge in [-0.05, 0) is 48.9 Å². The number of fused-ring (bicyclic) bond motifs is 3. The van der Waals surface area contributed by atoms with E-state index in [0.717, 1.165) is 24.0 Å². The number of nitrogens with zero attached hydrogens (tertiary/aromatic N) is 3. The summed E-state index contributed by atoms with van der Waals surface area (Å²) in [7, 11) is 0. The second kappa shape index (κ2) is 8.41. The zero-order chi connectivity index (χ0) is 23.1. The van der Waals surface area contributed by atoms with Gasteiger partial charge in [-0.15, -0.1) is 0 Å². The summed E-state index contributed by atoms with van der Waals surface area (Å²) in [5.74, 6) is -0.887. The van der Waals surface area contributed by atoms with Crippen LogP contribution in [0.3, 0.4) is 0 Å². The Labute approximate surface area is 192 Å². The molecule has 0 bridgehead atoms. The van der Waals surface area contributed by atoms with Gasteiger partial charge in [-0.3, -0.25) is 24.6 Å². The topological polar surface area (TPSA) is 77.8 Å². The molecule has 7 nitrogen and oxygen atoms in total. The summed E-state index contributed by atoms with van der Waals surface area (Å²) in [5.41, 5.74) is 4.28. The van der Waals surface area contributed by atoms with Crippen LogP contribution in [0.15, 0.2) is 65.6 Å². The zero-order valence-electron chi connectivity index (χ0n) is 18.9. The zero-order valence-corrected chi connectivity index (χ0v) is 18.9. The smallest absolute Gasteiger partial charge is 0.278 e. The molecule has 1 aliphatic carbocycles. The van der Waals surface area contributed by atoms with E-state index in [1.807, 2.05) is 26.0 Å². The summed E-state index contributed by atoms with van der Waals surface area (Å²) < 4.78 is 1.66. The van der Waals surface area contributed by atoms with Crippen LogP contribution in [0.2, 0.25) is 0 Å². The number of hydrogen-bond donors (Lipinski definition) is 2. The standard InChI is InChI=1S/C26H28N4O3/c1-17(2)27-15-28-16-30(29-14-13-22(31)25(32)24(29)26(28)33)23-20-9-5-3-7-18(20)11-12-19-8-4-6-10-21(19)23/h3-10,13-14,17,23,27,32H,11-12,15-16H2,1-2H3. The first-order valence-corrected chi connectivity index (χ1v) is 11.4. The minimum absolute atomic E-state index is 0.00137. The largest absolute Gasteiger partial charge is 0.502 e. The lowest BCUT2D eigenvalue weighted by Gasteiger charge is -2.44. The number of carbonyl (C=O) groups is 1. The van der Waals surface area contributed by atoms with Crippen LogP contribution in [0.25, 0.3) is 0 Å². The fourth-order valence-electron chi connectivity index (χ4n) is 4.82. The first-order valence-electron chi connectivity index (χ1n) is 11.4. The van der Waals surface area contributed by atoms with Crippen LogP contribution < -0.4 is 15.8 Å². The van der Waals surface area contributed by atoms with Gasteiger partial charge in [0.2, 0.25) is 5.43 Å². The number of carbonyl (C=O) groups excluding carboxylic acids is 1. The van der Waals surface area contributed by atoms with Crippen LogP contribution >= 0.6 is 0 Å². The normalized spacial score (nSPS) is 15.8. The van der Waals surface area contributed by atoms with E-state index in [9.17, 15) is 14.7 Å². The highest BCUT2D eigenvalue weighted by Gasteiger charge is 2.38. The number of hydrogen-bond acceptors (Lipinski definition) is 5. The van der Waals surface area contributed by atoms with E-state index in [1.165, 1.54) is 17.2 Å². The second-order valence-corrected chi connectivity index (χ2v) is 8.96. The van der Waals surface area contributed by atoms with Crippen molar-refractivity contribution in [1.29, 1.82) is 0 Å². The maximum Gasteiger partial charge on any atom is 0.278 e. The first-order chi connectivity index (χ1) is 16.0. The lowest BCUT2D eigenvalue weighted by molar-refractivity contribution is 0.0659. The monoisotopic (exact) mass is 444 g/mol. The molecule has 0 unspecified atom stereocenters. The molecule has 7 heteroatoms. The molecule has 0 saturated carbocycles. The van der Waals surface area contributed by atoms with Crippen molar-refractivity contribution in [3.8, 4) is 5.75 Å². The van der Waals surface area contributed by atoms with Gasteiger partial charge in [-0.2, -0.15) is 0 Å². The molecule has 2 N–H and O–H groups in total.